The molecule has 4 nitrogen and oxygen atoms in total. The first-order chi connectivity index (χ1) is 36.3. The van der Waals surface area contributed by atoms with E-state index in [0.717, 1.165) is 125 Å². The van der Waals surface area contributed by atoms with E-state index in [1.165, 1.54) is 77.0 Å². The van der Waals surface area contributed by atoms with Crippen LogP contribution in [0.2, 0.25) is 0 Å². The number of hydrogen-bond donors (Lipinski definition) is 0. The second-order valence-corrected chi connectivity index (χ2v) is 33.9. The van der Waals surface area contributed by atoms with Crippen LogP contribution >= 0.6 is 89.8 Å². The summed E-state index contributed by atoms with van der Waals surface area (Å²) in [6, 6.07) is 4.36. The molecule has 4 aromatic rings. The molecule has 1 aromatic carbocycles. The number of halogens is 4. The van der Waals surface area contributed by atoms with Gasteiger partial charge in [-0.05, 0) is 105 Å². The third kappa shape index (κ3) is 14.6. The van der Waals surface area contributed by atoms with Crippen molar-refractivity contribution in [2.24, 2.45) is 41.4 Å². The zero-order valence-electron chi connectivity index (χ0n) is 47.9. The maximum atomic E-state index is 17.8. The zero-order chi connectivity index (χ0) is 54.5. The smallest absolute Gasteiger partial charge is 0.170 e. The quantitative estimate of drug-likeness (QED) is 0.0383. The first kappa shape index (κ1) is 61.1. The SMILES string of the molecule is CC(C)CCCCCCC1(CCC(C)CCCC(C)C)OC2=C(SC(Br)C2)c2sc(-c3c(F)c(F)c(-c4cc5c(s4)C4=C(CC(Br)S4)OC5(CCC(C)CCCC(C)C)CCC(C)CCCC(C)C)c4nsnc34)cc21. The molecule has 4 aliphatic rings. The van der Waals surface area contributed by atoms with Crippen LogP contribution in [0.4, 0.5) is 8.78 Å². The van der Waals surface area contributed by atoms with E-state index in [1.54, 1.807) is 46.2 Å². The van der Waals surface area contributed by atoms with Crippen LogP contribution in [-0.2, 0) is 20.7 Å². The van der Waals surface area contributed by atoms with Crippen LogP contribution in [0, 0.1) is 53.1 Å². The molecule has 0 aliphatic carbocycles. The number of alkyl halides is 2. The topological polar surface area (TPSA) is 44.2 Å². The highest BCUT2D eigenvalue weighted by Gasteiger charge is 2.48. The Morgan fingerprint density at radius 1 is 0.500 bits per heavy atom. The average molecular weight is 1270 g/mol. The molecule has 0 amide bonds. The molecule has 3 aromatic heterocycles. The van der Waals surface area contributed by atoms with Crippen molar-refractivity contribution in [3.8, 4) is 20.9 Å². The Hall–Kier alpha value is -0.960. The molecule has 0 saturated heterocycles. The van der Waals surface area contributed by atoms with E-state index in [-0.39, 0.29) is 19.4 Å². The molecule has 0 saturated carbocycles. The van der Waals surface area contributed by atoms with Crippen molar-refractivity contribution < 1.29 is 18.3 Å². The van der Waals surface area contributed by atoms with Gasteiger partial charge in [-0.1, -0.05) is 191 Å². The van der Waals surface area contributed by atoms with E-state index in [2.05, 4.69) is 120 Å². The van der Waals surface area contributed by atoms with E-state index in [1.807, 2.05) is 0 Å². The highest BCUT2D eigenvalue weighted by atomic mass is 79.9. The van der Waals surface area contributed by atoms with Crippen molar-refractivity contribution in [2.45, 2.75) is 243 Å². The van der Waals surface area contributed by atoms with Crippen molar-refractivity contribution in [1.82, 2.24) is 8.75 Å². The Morgan fingerprint density at radius 3 is 1.26 bits per heavy atom. The molecule has 0 N–H and O–H groups in total. The summed E-state index contributed by atoms with van der Waals surface area (Å²) in [6.45, 7) is 25.8. The first-order valence-corrected chi connectivity index (χ1v) is 35.6. The number of hydrogen-bond acceptors (Lipinski definition) is 9. The molecule has 422 valence electrons. The molecule has 8 rings (SSSR count). The largest absolute Gasteiger partial charge is 0.486 e. The number of thiophene rings is 2. The van der Waals surface area contributed by atoms with Gasteiger partial charge in [0, 0.05) is 33.7 Å². The fourth-order valence-electron chi connectivity index (χ4n) is 12.3. The standard InChI is InChI=1S/C63H90Br2F2N2O2S5/c1-37(2)19-14-12-13-15-29-62(30-26-41(9)23-16-20-38(3)4)44-33-48(72-58(44)60-46(70-62)35-50(64)74-60)52-54(66)55(67)53(57-56(52)68-76-69-57)49-34-45-59(73-49)61-47(36-51(65)75-61)71-63(45,31-27-42(10)24-17-21-39(5)6)32-28-43(11)25-18-22-40(7)8/h33-34,37-43,50-51H,12-32,35-36H2,1-11H3. The van der Waals surface area contributed by atoms with Crippen molar-refractivity contribution >= 4 is 111 Å². The normalized spacial score (nSPS) is 22.5. The number of thioether (sulfide) groups is 2. The summed E-state index contributed by atoms with van der Waals surface area (Å²) in [5, 5.41) is 0. The third-order valence-corrected chi connectivity index (χ3v) is 24.0. The summed E-state index contributed by atoms with van der Waals surface area (Å²) in [5.41, 5.74) is 2.52. The monoisotopic (exact) mass is 1260 g/mol. The van der Waals surface area contributed by atoms with Gasteiger partial charge >= 0.3 is 0 Å². The zero-order valence-corrected chi connectivity index (χ0v) is 55.1. The van der Waals surface area contributed by atoms with Gasteiger partial charge in [-0.3, -0.25) is 0 Å². The van der Waals surface area contributed by atoms with Crippen LogP contribution in [0.3, 0.4) is 0 Å². The van der Waals surface area contributed by atoms with E-state index in [4.69, 9.17) is 18.2 Å². The molecular weight excluding hydrogens is 1170 g/mol. The van der Waals surface area contributed by atoms with Gasteiger partial charge in [0.1, 0.15) is 33.8 Å². The number of nitrogens with zero attached hydrogens (tertiary/aromatic N) is 2. The Kier molecular flexibility index (Phi) is 22.0. The Labute approximate surface area is 495 Å². The van der Waals surface area contributed by atoms with Crippen LogP contribution in [-0.4, -0.2) is 17.1 Å². The lowest BCUT2D eigenvalue weighted by Gasteiger charge is -2.40. The van der Waals surface area contributed by atoms with Gasteiger partial charge in [0.15, 0.2) is 11.6 Å². The van der Waals surface area contributed by atoms with Gasteiger partial charge in [-0.25, -0.2) is 8.78 Å². The summed E-state index contributed by atoms with van der Waals surface area (Å²) in [6.07, 6.45) is 25.4. The number of ether oxygens (including phenoxy) is 2. The van der Waals surface area contributed by atoms with E-state index in [0.29, 0.717) is 62.2 Å². The molecule has 0 fully saturated rings. The molecular formula is C63H90Br2F2N2O2S5. The molecule has 6 atom stereocenters. The Morgan fingerprint density at radius 2 is 0.868 bits per heavy atom. The number of rotatable bonds is 30. The predicted molar refractivity (Wildman–Crippen MR) is 337 cm³/mol. The number of allylic oxidation sites excluding steroid dienone is 2. The predicted octanol–water partition coefficient (Wildman–Crippen LogP) is 23.7. The molecule has 7 heterocycles. The first-order valence-electron chi connectivity index (χ1n) is 29.7. The number of fused-ring (bicyclic) bond motifs is 5. The van der Waals surface area contributed by atoms with Crippen molar-refractivity contribution in [2.75, 3.05) is 0 Å². The summed E-state index contributed by atoms with van der Waals surface area (Å²) in [5.74, 6) is 4.90. The summed E-state index contributed by atoms with van der Waals surface area (Å²) >= 11 is 15.8. The van der Waals surface area contributed by atoms with Crippen LogP contribution in [0.25, 0.3) is 41.7 Å². The van der Waals surface area contributed by atoms with Gasteiger partial charge in [-0.15, -0.1) is 46.2 Å². The van der Waals surface area contributed by atoms with Crippen molar-refractivity contribution in [3.63, 3.8) is 0 Å². The minimum Gasteiger partial charge on any atom is -0.486 e. The molecule has 76 heavy (non-hydrogen) atoms. The second-order valence-electron chi connectivity index (χ2n) is 25.5. The number of benzene rings is 1. The van der Waals surface area contributed by atoms with Crippen LogP contribution in [0.15, 0.2) is 23.7 Å². The van der Waals surface area contributed by atoms with Gasteiger partial charge in [0.05, 0.1) is 50.7 Å². The van der Waals surface area contributed by atoms with Gasteiger partial charge in [0.25, 0.3) is 0 Å². The molecule has 0 radical (unpaired) electrons. The average Bonchev–Trinajstić information content (AvgIpc) is 4.24. The summed E-state index contributed by atoms with van der Waals surface area (Å²) in [7, 11) is 0. The molecule has 0 bridgehead atoms. The molecule has 6 unspecified atom stereocenters. The summed E-state index contributed by atoms with van der Waals surface area (Å²) < 4.78 is 60.7. The van der Waals surface area contributed by atoms with Gasteiger partial charge < -0.3 is 9.47 Å². The minimum absolute atomic E-state index is 0.197. The lowest BCUT2D eigenvalue weighted by atomic mass is 9.78. The highest BCUT2D eigenvalue weighted by molar-refractivity contribution is 9.11. The molecule has 13 heteroatoms. The fraction of sp³-hybridized carbons (Fsp3) is 0.714. The lowest BCUT2D eigenvalue weighted by molar-refractivity contribution is -0.0315. The highest BCUT2D eigenvalue weighted by Crippen LogP contribution is 2.62. The number of aromatic nitrogens is 2. The van der Waals surface area contributed by atoms with Crippen molar-refractivity contribution in [1.29, 1.82) is 0 Å². The van der Waals surface area contributed by atoms with Gasteiger partial charge in [0.2, 0.25) is 0 Å². The fourth-order valence-corrected chi connectivity index (χ4v) is 19.5. The minimum atomic E-state index is -0.842. The number of unbranched alkanes of at least 4 members (excludes halogenated alkanes) is 3. The molecule has 0 spiro atoms. The van der Waals surface area contributed by atoms with E-state index < -0.39 is 22.8 Å². The van der Waals surface area contributed by atoms with Crippen LogP contribution in [0.5, 0.6) is 0 Å². The van der Waals surface area contributed by atoms with Crippen LogP contribution < -0.4 is 0 Å². The molecule has 4 aliphatic heterocycles. The maximum Gasteiger partial charge on any atom is 0.170 e. The van der Waals surface area contributed by atoms with Crippen LogP contribution in [0.1, 0.15) is 245 Å². The van der Waals surface area contributed by atoms with Crippen molar-refractivity contribution in [3.05, 3.63) is 56.2 Å². The maximum absolute atomic E-state index is 17.8. The lowest BCUT2D eigenvalue weighted by Crippen LogP contribution is -2.33. The third-order valence-electron chi connectivity index (χ3n) is 16.9. The Bertz CT molecular complexity index is 2610. The van der Waals surface area contributed by atoms with Gasteiger partial charge in [-0.2, -0.15) is 8.75 Å². The van der Waals surface area contributed by atoms with E-state index in [9.17, 15) is 0 Å². The summed E-state index contributed by atoms with van der Waals surface area (Å²) in [4.78, 5) is 6.01. The van der Waals surface area contributed by atoms with E-state index >= 15 is 8.78 Å². The second kappa shape index (κ2) is 27.4. The Balaban J connectivity index is 1.18.